The van der Waals surface area contributed by atoms with Gasteiger partial charge in [-0.15, -0.1) is 0 Å². The van der Waals surface area contributed by atoms with Crippen LogP contribution in [0.4, 0.5) is 155 Å². The molecule has 0 aliphatic carbocycles. The fourth-order valence-corrected chi connectivity index (χ4v) is 20.3. The molecule has 0 N–H and O–H groups in total. The van der Waals surface area contributed by atoms with Crippen molar-refractivity contribution in [1.29, 1.82) is 0 Å². The summed E-state index contributed by atoms with van der Waals surface area (Å²) in [4.78, 5) is -35.4. The summed E-state index contributed by atoms with van der Waals surface area (Å²) in [7, 11) is -104. The summed E-state index contributed by atoms with van der Waals surface area (Å²) in [6.45, 7) is 6.29. The molecular weight excluding hydrogens is 1730 g/mol. The third-order valence-corrected chi connectivity index (χ3v) is 27.2. The summed E-state index contributed by atoms with van der Waals surface area (Å²) in [5, 5.41) is 0. The Morgan fingerprint density at radius 3 is 0.835 bits per heavy atom. The van der Waals surface area contributed by atoms with Crippen molar-refractivity contribution in [2.75, 3.05) is 0 Å². The number of hydrogen-bond donors (Lipinski definition) is 0. The SMILES string of the molecule is CC(C)(C)c1ccc(I(c2cc(S(F)(F)(F)(F)F)cc(S(F)(F)(F)(F)F)c2)c2ccc(C(C)(C)C)cc2-c2c(OB(Oc3cc(S(F)(F)(F)(F)F)cc(S(F)(F)(F)(F)F)c3)Oc3cc(S(F)(F)(F)(F)F)cc(S(F)(F)(F)(F)F)c3)cc(S(F)(F)(F)(F)F)cc2S(F)(F)(F)(F)F)cc1. The molecule has 0 aromatic heterocycles. The van der Waals surface area contributed by atoms with Crippen LogP contribution in [-0.2, 0) is 10.8 Å². The second-order valence-electron chi connectivity index (χ2n) is 23.1. The molecule has 0 aliphatic rings. The van der Waals surface area contributed by atoms with Crippen LogP contribution < -0.4 is 14.0 Å². The van der Waals surface area contributed by atoms with Gasteiger partial charge < -0.3 is 0 Å². The molecule has 0 heterocycles. The monoisotopic (exact) mass is 1770 g/mol. The summed E-state index contributed by atoms with van der Waals surface area (Å²) in [6, 6.07) is -18.3. The molecule has 6 aromatic carbocycles. The molecule has 53 heteroatoms. The van der Waals surface area contributed by atoms with Gasteiger partial charge in [-0.05, 0) is 0 Å². The van der Waals surface area contributed by atoms with Crippen molar-refractivity contribution in [3.63, 3.8) is 0 Å². The topological polar surface area (TPSA) is 27.7 Å². The molecule has 0 radical (unpaired) electrons. The summed E-state index contributed by atoms with van der Waals surface area (Å²) in [6.07, 6.45) is 0. The first-order chi connectivity index (χ1) is 40.3. The third kappa shape index (κ3) is 20.2. The quantitative estimate of drug-likeness (QED) is 0.0488. The van der Waals surface area contributed by atoms with Crippen molar-refractivity contribution in [1.82, 2.24) is 0 Å². The fourth-order valence-electron chi connectivity index (χ4n) is 7.84. The summed E-state index contributed by atoms with van der Waals surface area (Å²) < 4.78 is 597. The molecule has 0 saturated heterocycles. The van der Waals surface area contributed by atoms with Crippen LogP contribution in [0.3, 0.4) is 0 Å². The van der Waals surface area contributed by atoms with E-state index in [0.29, 0.717) is 18.2 Å². The van der Waals surface area contributed by atoms with Crippen LogP contribution in [-0.4, -0.2) is 7.32 Å². The Morgan fingerprint density at radius 2 is 0.557 bits per heavy atom. The normalized spacial score (nSPS) is 19.9. The minimum absolute atomic E-state index is 0.0493. The molecule has 0 bridgehead atoms. The molecule has 568 valence electrons. The molecule has 0 fully saturated rings. The van der Waals surface area contributed by atoms with Gasteiger partial charge in [-0.3, -0.25) is 0 Å². The second kappa shape index (κ2) is 17.2. The van der Waals surface area contributed by atoms with Crippen LogP contribution >= 0.6 is 102 Å². The van der Waals surface area contributed by atoms with Crippen LogP contribution in [0.1, 0.15) is 52.7 Å². The Morgan fingerprint density at radius 1 is 0.278 bits per heavy atom. The van der Waals surface area contributed by atoms with E-state index in [1.807, 2.05) is 0 Å². The van der Waals surface area contributed by atoms with E-state index >= 15 is 38.9 Å². The fraction of sp³-hybridized carbons (Fsp3) is 0.182. The molecule has 6 rings (SSSR count). The maximum atomic E-state index is 16.0. The van der Waals surface area contributed by atoms with Gasteiger partial charge in [-0.25, -0.2) is 0 Å². The van der Waals surface area contributed by atoms with Crippen molar-refractivity contribution >= 4 is 109 Å². The predicted octanol–water partition coefficient (Wildman–Crippen LogP) is 33.1. The molecule has 0 atom stereocenters. The van der Waals surface area contributed by atoms with Gasteiger partial charge >= 0.3 is 529 Å². The first-order valence-corrected chi connectivity index (χ1v) is 42.7. The number of benzene rings is 6. The van der Waals surface area contributed by atoms with Gasteiger partial charge in [0.2, 0.25) is 0 Å². The number of halogens is 41. The van der Waals surface area contributed by atoms with Gasteiger partial charge in [0.15, 0.2) is 0 Å². The number of hydrogen-bond acceptors (Lipinski definition) is 3. The summed E-state index contributed by atoms with van der Waals surface area (Å²) >= 11 is -6.20. The zero-order valence-electron chi connectivity index (χ0n) is 47.0. The summed E-state index contributed by atoms with van der Waals surface area (Å²) in [5.41, 5.74) is -10.5. The zero-order valence-corrected chi connectivity index (χ0v) is 55.6. The Labute approximate surface area is 526 Å². The van der Waals surface area contributed by atoms with Crippen molar-refractivity contribution in [2.24, 2.45) is 0 Å². The van der Waals surface area contributed by atoms with E-state index in [9.17, 15) is 117 Å². The van der Waals surface area contributed by atoms with E-state index in [0.717, 1.165) is 32.9 Å². The average Bonchev–Trinajstić information content (AvgIpc) is 0.701. The van der Waals surface area contributed by atoms with Gasteiger partial charge in [0.05, 0.1) is 0 Å². The standard InChI is InChI=1S/C44H36BF40IO3S8/c1-43(2,3)25-7-10-27(11-8-25)86(28-14-31(90(46,47,48,49)50)20-32(15-28)91(51,52,53,54)55)39-12-9-26(44(4,5)6)13-38(39)42-40(23-37(96(76,77,78,79)80)24-41(42)97(81,82,83,84)85)89-45(87-29-16-33(92(56,57,58,59)60)21-34(17-29)93(61,62,63,64)65)88-30-18-35(94(66,67,68,69)70)22-36(19-30)95(71,72,73,74)75/h7-24H,1-6H3. The Hall–Kier alpha value is -4.49. The molecular formula is C44H36BF40IO3S8. The molecule has 97 heavy (non-hydrogen) atoms. The van der Waals surface area contributed by atoms with E-state index < -0.39 is 270 Å². The van der Waals surface area contributed by atoms with Crippen molar-refractivity contribution in [2.45, 2.75) is 91.5 Å². The van der Waals surface area contributed by atoms with Crippen molar-refractivity contribution < 1.29 is 169 Å². The molecule has 0 spiro atoms. The van der Waals surface area contributed by atoms with Gasteiger partial charge in [0, 0.05) is 0 Å². The molecule has 3 nitrogen and oxygen atoms in total. The Bertz CT molecular complexity index is 4130. The van der Waals surface area contributed by atoms with E-state index in [1.165, 1.54) is 20.8 Å². The van der Waals surface area contributed by atoms with E-state index in [-0.39, 0.29) is 17.7 Å². The summed E-state index contributed by atoms with van der Waals surface area (Å²) in [5.74, 6) is -10.6. The van der Waals surface area contributed by atoms with Gasteiger partial charge in [0.25, 0.3) is 0 Å². The third-order valence-electron chi connectivity index (χ3n) is 12.3. The van der Waals surface area contributed by atoms with Crippen molar-refractivity contribution in [3.8, 4) is 28.4 Å². The minimum atomic E-state index is -13.0. The Balaban J connectivity index is 2.02. The van der Waals surface area contributed by atoms with Crippen LogP contribution in [0.5, 0.6) is 17.2 Å². The zero-order chi connectivity index (χ0) is 76.7. The average molecular weight is 1770 g/mol. The maximum absolute atomic E-state index is 16.0. The molecule has 0 aliphatic heterocycles. The number of rotatable bonds is 18. The van der Waals surface area contributed by atoms with E-state index in [1.54, 1.807) is 0 Å². The first kappa shape index (κ1) is 81.5. The van der Waals surface area contributed by atoms with Crippen LogP contribution in [0, 0.1) is 10.7 Å². The van der Waals surface area contributed by atoms with E-state index in [4.69, 9.17) is 0 Å². The van der Waals surface area contributed by atoms with Gasteiger partial charge in [-0.2, -0.15) is 0 Å². The Kier molecular flexibility index (Phi) is 14.5. The molecule has 0 amide bonds. The molecule has 0 unspecified atom stereocenters. The first-order valence-electron chi connectivity index (χ1n) is 23.9. The second-order valence-corrected chi connectivity index (χ2v) is 47.6. The van der Waals surface area contributed by atoms with Crippen LogP contribution in [0.25, 0.3) is 11.1 Å². The van der Waals surface area contributed by atoms with Crippen LogP contribution in [0.15, 0.2) is 148 Å². The van der Waals surface area contributed by atoms with Crippen LogP contribution in [0.2, 0.25) is 0 Å². The predicted molar refractivity (Wildman–Crippen MR) is 304 cm³/mol. The molecule has 0 saturated carbocycles. The molecule has 6 aromatic rings. The van der Waals surface area contributed by atoms with Crippen molar-refractivity contribution in [3.05, 3.63) is 131 Å². The van der Waals surface area contributed by atoms with E-state index in [2.05, 4.69) is 14.0 Å². The van der Waals surface area contributed by atoms with Gasteiger partial charge in [-0.1, -0.05) is 0 Å². The van der Waals surface area contributed by atoms with Gasteiger partial charge in [0.1, 0.15) is 0 Å².